The molecule has 0 spiro atoms. The zero-order chi connectivity index (χ0) is 13.7. The number of nitrogens with zero attached hydrogens (tertiary/aromatic N) is 1. The second kappa shape index (κ2) is 6.76. The van der Waals surface area contributed by atoms with Crippen LogP contribution in [0.5, 0.6) is 0 Å². The maximum Gasteiger partial charge on any atom is 0.0472 e. The van der Waals surface area contributed by atoms with E-state index in [0.29, 0.717) is 5.41 Å². The van der Waals surface area contributed by atoms with E-state index in [-0.39, 0.29) is 0 Å². The number of anilines is 1. The Morgan fingerprint density at radius 3 is 2.37 bits per heavy atom. The molecule has 2 nitrogen and oxygen atoms in total. The summed E-state index contributed by atoms with van der Waals surface area (Å²) in [5.74, 6) is 0. The normalized spacial score (nSPS) is 18.3. The van der Waals surface area contributed by atoms with Crippen molar-refractivity contribution in [3.63, 3.8) is 0 Å². The summed E-state index contributed by atoms with van der Waals surface area (Å²) in [5, 5.41) is 1.06. The van der Waals surface area contributed by atoms with Crippen molar-refractivity contribution >= 4 is 21.6 Å². The van der Waals surface area contributed by atoms with Gasteiger partial charge in [0.05, 0.1) is 0 Å². The van der Waals surface area contributed by atoms with E-state index in [0.717, 1.165) is 44.4 Å². The van der Waals surface area contributed by atoms with Crippen LogP contribution in [0.3, 0.4) is 0 Å². The highest BCUT2D eigenvalue weighted by Gasteiger charge is 2.32. The number of alkyl halides is 1. The topological polar surface area (TPSA) is 12.5 Å². The highest BCUT2D eigenvalue weighted by atomic mass is 79.9. The van der Waals surface area contributed by atoms with Crippen LogP contribution < -0.4 is 4.90 Å². The summed E-state index contributed by atoms with van der Waals surface area (Å²) in [6.45, 7) is 5.08. The van der Waals surface area contributed by atoms with Crippen molar-refractivity contribution in [1.82, 2.24) is 0 Å². The van der Waals surface area contributed by atoms with Crippen LogP contribution in [0.4, 0.5) is 5.69 Å². The molecule has 0 amide bonds. The second-order valence-electron chi connectivity index (χ2n) is 5.62. The highest BCUT2D eigenvalue weighted by Crippen LogP contribution is 2.34. The molecule has 1 saturated heterocycles. The van der Waals surface area contributed by atoms with E-state index in [1.165, 1.54) is 11.3 Å². The Bertz CT molecular complexity index is 384. The first-order valence-corrected chi connectivity index (χ1v) is 8.25. The van der Waals surface area contributed by atoms with Crippen LogP contribution in [-0.2, 0) is 11.2 Å². The van der Waals surface area contributed by atoms with Gasteiger partial charge in [0.2, 0.25) is 0 Å². The third-order valence-electron chi connectivity index (χ3n) is 4.19. The third-order valence-corrected chi connectivity index (χ3v) is 5.38. The monoisotopic (exact) mass is 325 g/mol. The van der Waals surface area contributed by atoms with Gasteiger partial charge in [0, 0.05) is 43.2 Å². The number of ether oxygens (including phenoxy) is 1. The minimum Gasteiger partial charge on any atom is -0.381 e. The molecule has 1 aliphatic heterocycles. The molecule has 0 N–H and O–H groups in total. The lowest BCUT2D eigenvalue weighted by Gasteiger charge is -2.39. The van der Waals surface area contributed by atoms with Gasteiger partial charge in [-0.1, -0.05) is 35.0 Å². The fourth-order valence-electron chi connectivity index (χ4n) is 2.72. The summed E-state index contributed by atoms with van der Waals surface area (Å²) >= 11 is 3.71. The average Bonchev–Trinajstić information content (AvgIpc) is 2.48. The van der Waals surface area contributed by atoms with Gasteiger partial charge in [0.1, 0.15) is 0 Å². The molecule has 1 aliphatic rings. The quantitative estimate of drug-likeness (QED) is 0.762. The Balaban J connectivity index is 2.03. The Kier molecular flexibility index (Phi) is 5.28. The number of hydrogen-bond acceptors (Lipinski definition) is 2. The maximum absolute atomic E-state index is 5.50. The summed E-state index contributed by atoms with van der Waals surface area (Å²) < 4.78 is 5.50. The first-order valence-electron chi connectivity index (χ1n) is 7.13. The van der Waals surface area contributed by atoms with Crippen LogP contribution >= 0.6 is 15.9 Å². The molecule has 106 valence electrons. The molecule has 19 heavy (non-hydrogen) atoms. The molecule has 0 radical (unpaired) electrons. The predicted molar refractivity (Wildman–Crippen MR) is 85.4 cm³/mol. The molecule has 0 aliphatic carbocycles. The molecule has 0 saturated carbocycles. The van der Waals surface area contributed by atoms with Gasteiger partial charge < -0.3 is 9.64 Å². The van der Waals surface area contributed by atoms with Crippen LogP contribution in [0.25, 0.3) is 0 Å². The fraction of sp³-hybridized carbons (Fsp3) is 0.625. The van der Waals surface area contributed by atoms with E-state index in [2.05, 4.69) is 59.1 Å². The Labute approximate surface area is 125 Å². The Hall–Kier alpha value is -0.540. The maximum atomic E-state index is 5.50. The molecular formula is C16H24BrNO. The molecular weight excluding hydrogens is 302 g/mol. The molecule has 0 unspecified atom stereocenters. The summed E-state index contributed by atoms with van der Waals surface area (Å²) in [6.07, 6.45) is 3.40. The minimum atomic E-state index is 0.358. The molecule has 0 bridgehead atoms. The van der Waals surface area contributed by atoms with Gasteiger partial charge in [0.25, 0.3) is 0 Å². The van der Waals surface area contributed by atoms with Gasteiger partial charge >= 0.3 is 0 Å². The van der Waals surface area contributed by atoms with Crippen LogP contribution in [0.2, 0.25) is 0 Å². The van der Waals surface area contributed by atoms with Gasteiger partial charge in [0.15, 0.2) is 0 Å². The van der Waals surface area contributed by atoms with Gasteiger partial charge in [-0.05, 0) is 37.0 Å². The molecule has 1 heterocycles. The lowest BCUT2D eigenvalue weighted by atomic mass is 9.82. The number of hydrogen-bond donors (Lipinski definition) is 0. The molecule has 2 rings (SSSR count). The Morgan fingerprint density at radius 1 is 1.21 bits per heavy atom. The lowest BCUT2D eigenvalue weighted by molar-refractivity contribution is 0.0304. The van der Waals surface area contributed by atoms with Crippen LogP contribution in [0, 0.1) is 5.41 Å². The van der Waals surface area contributed by atoms with Crippen molar-refractivity contribution in [2.75, 3.05) is 37.0 Å². The van der Waals surface area contributed by atoms with Crippen LogP contribution in [-0.4, -0.2) is 32.1 Å². The Morgan fingerprint density at radius 2 is 1.84 bits per heavy atom. The lowest BCUT2D eigenvalue weighted by Crippen LogP contribution is -2.41. The minimum absolute atomic E-state index is 0.358. The third kappa shape index (κ3) is 3.73. The summed E-state index contributed by atoms with van der Waals surface area (Å²) in [4.78, 5) is 2.38. The smallest absolute Gasteiger partial charge is 0.0472 e. The average molecular weight is 326 g/mol. The fourth-order valence-corrected chi connectivity index (χ4v) is 3.46. The molecule has 1 aromatic rings. The molecule has 0 atom stereocenters. The van der Waals surface area contributed by atoms with Crippen molar-refractivity contribution in [1.29, 1.82) is 0 Å². The van der Waals surface area contributed by atoms with E-state index in [9.17, 15) is 0 Å². The highest BCUT2D eigenvalue weighted by molar-refractivity contribution is 9.09. The summed E-state index contributed by atoms with van der Waals surface area (Å²) in [5.41, 5.74) is 3.07. The number of rotatable bonds is 5. The number of aryl methyl sites for hydroxylation is 1. The predicted octanol–water partition coefficient (Wildman–Crippen LogP) is 3.88. The van der Waals surface area contributed by atoms with Crippen molar-refractivity contribution in [3.8, 4) is 0 Å². The van der Waals surface area contributed by atoms with Crippen molar-refractivity contribution in [2.24, 2.45) is 5.41 Å². The van der Waals surface area contributed by atoms with Gasteiger partial charge in [-0.2, -0.15) is 0 Å². The molecule has 3 heteroatoms. The van der Waals surface area contributed by atoms with E-state index in [1.807, 2.05) is 0 Å². The zero-order valence-electron chi connectivity index (χ0n) is 12.0. The molecule has 1 fully saturated rings. The number of benzene rings is 1. The van der Waals surface area contributed by atoms with Gasteiger partial charge in [-0.3, -0.25) is 0 Å². The molecule has 1 aromatic carbocycles. The van der Waals surface area contributed by atoms with E-state index in [4.69, 9.17) is 4.74 Å². The number of halogens is 1. The first kappa shape index (κ1) is 14.9. The van der Waals surface area contributed by atoms with Crippen molar-refractivity contribution in [2.45, 2.75) is 26.2 Å². The van der Waals surface area contributed by atoms with E-state index in [1.54, 1.807) is 0 Å². The summed E-state index contributed by atoms with van der Waals surface area (Å²) in [6, 6.07) is 8.94. The van der Waals surface area contributed by atoms with Crippen molar-refractivity contribution < 1.29 is 4.74 Å². The zero-order valence-corrected chi connectivity index (χ0v) is 13.6. The SMILES string of the molecule is CCc1ccc(N(C)CC2(CBr)CCOCC2)cc1. The first-order chi connectivity index (χ1) is 9.19. The second-order valence-corrected chi connectivity index (χ2v) is 6.18. The van der Waals surface area contributed by atoms with Crippen LogP contribution in [0.1, 0.15) is 25.3 Å². The molecule has 0 aromatic heterocycles. The van der Waals surface area contributed by atoms with Crippen LogP contribution in [0.15, 0.2) is 24.3 Å². The largest absolute Gasteiger partial charge is 0.381 e. The van der Waals surface area contributed by atoms with Gasteiger partial charge in [-0.25, -0.2) is 0 Å². The van der Waals surface area contributed by atoms with E-state index >= 15 is 0 Å². The standard InChI is InChI=1S/C16H24BrNO/c1-3-14-4-6-15(7-5-14)18(2)13-16(12-17)8-10-19-11-9-16/h4-7H,3,8-13H2,1-2H3. The van der Waals surface area contributed by atoms with Crippen molar-refractivity contribution in [3.05, 3.63) is 29.8 Å². The van der Waals surface area contributed by atoms with E-state index < -0.39 is 0 Å². The van der Waals surface area contributed by atoms with Gasteiger partial charge in [-0.15, -0.1) is 0 Å². The summed E-state index contributed by atoms with van der Waals surface area (Å²) in [7, 11) is 2.20.